The van der Waals surface area contributed by atoms with Crippen LogP contribution in [-0.2, 0) is 0 Å². The third-order valence-corrected chi connectivity index (χ3v) is 2.16. The molecule has 1 aromatic carbocycles. The molecule has 1 aromatic rings. The maximum atomic E-state index is 12.5. The molecule has 0 aromatic heterocycles. The summed E-state index contributed by atoms with van der Waals surface area (Å²) in [6.45, 7) is -4.07. The molecular formula is C8H6BF3KN3O2. The molecule has 0 radical (unpaired) electrons. The molecule has 5 nitrogen and oxygen atoms in total. The van der Waals surface area contributed by atoms with E-state index in [0.717, 1.165) is 0 Å². The molecule has 0 aliphatic rings. The van der Waals surface area contributed by atoms with Crippen LogP contribution in [0.2, 0.25) is 0 Å². The van der Waals surface area contributed by atoms with Crippen molar-refractivity contribution in [2.24, 2.45) is 5.11 Å². The molecule has 0 saturated carbocycles. The number of carboxylic acid groups (broad SMARTS) is 1. The zero-order chi connectivity index (χ0) is 13.2. The second kappa shape index (κ2) is 6.60. The van der Waals surface area contributed by atoms with Crippen molar-refractivity contribution in [2.45, 2.75) is 6.92 Å². The van der Waals surface area contributed by atoms with Crippen LogP contribution in [0.15, 0.2) is 17.2 Å². The molecule has 1 rings (SSSR count). The number of benzene rings is 1. The summed E-state index contributed by atoms with van der Waals surface area (Å²) in [5, 5.41) is 11.8. The van der Waals surface area contributed by atoms with Crippen LogP contribution in [0.5, 0.6) is 0 Å². The molecule has 0 aliphatic heterocycles. The quantitative estimate of drug-likeness (QED) is 0.357. The van der Waals surface area contributed by atoms with Crippen molar-refractivity contribution >= 4 is 24.1 Å². The van der Waals surface area contributed by atoms with Crippen LogP contribution in [0, 0.1) is 6.92 Å². The summed E-state index contributed by atoms with van der Waals surface area (Å²) in [5.41, 5.74) is 6.24. The van der Waals surface area contributed by atoms with Gasteiger partial charge in [-0.3, -0.25) is 0 Å². The molecule has 18 heavy (non-hydrogen) atoms. The van der Waals surface area contributed by atoms with E-state index in [2.05, 4.69) is 10.0 Å². The summed E-state index contributed by atoms with van der Waals surface area (Å²) in [6, 6.07) is 1.18. The zero-order valence-corrected chi connectivity index (χ0v) is 12.7. The number of hydrogen-bond acceptors (Lipinski definition) is 2. The number of azide groups is 1. The molecule has 0 unspecified atom stereocenters. The minimum atomic E-state index is -5.35. The van der Waals surface area contributed by atoms with Crippen LogP contribution >= 0.6 is 0 Å². The predicted octanol–water partition coefficient (Wildman–Crippen LogP) is -0.307. The van der Waals surface area contributed by atoms with Gasteiger partial charge in [0.1, 0.15) is 0 Å². The summed E-state index contributed by atoms with van der Waals surface area (Å²) >= 11 is 0. The fraction of sp³-hybridized carbons (Fsp3) is 0.125. The van der Waals surface area contributed by atoms with E-state index in [1.165, 1.54) is 6.92 Å². The van der Waals surface area contributed by atoms with Crippen LogP contribution in [0.3, 0.4) is 0 Å². The van der Waals surface area contributed by atoms with E-state index in [4.69, 9.17) is 10.6 Å². The van der Waals surface area contributed by atoms with Gasteiger partial charge in [-0.05, 0) is 18.0 Å². The summed E-state index contributed by atoms with van der Waals surface area (Å²) in [4.78, 5) is 13.1. The van der Waals surface area contributed by atoms with Gasteiger partial charge in [0, 0.05) is 10.6 Å². The number of halogens is 3. The molecule has 10 heteroatoms. The van der Waals surface area contributed by atoms with Crippen LogP contribution in [0.25, 0.3) is 10.4 Å². The third kappa shape index (κ3) is 4.01. The maximum Gasteiger partial charge on any atom is 1.00 e. The Labute approximate surface area is 142 Å². The van der Waals surface area contributed by atoms with Gasteiger partial charge in [0.15, 0.2) is 0 Å². The number of aromatic carboxylic acids is 1. The molecular weight excluding hydrogens is 277 g/mol. The maximum absolute atomic E-state index is 12.5. The van der Waals surface area contributed by atoms with Crippen molar-refractivity contribution in [2.75, 3.05) is 0 Å². The van der Waals surface area contributed by atoms with Gasteiger partial charge in [-0.2, -0.15) is 0 Å². The summed E-state index contributed by atoms with van der Waals surface area (Å²) in [6.07, 6.45) is 0. The van der Waals surface area contributed by atoms with Crippen molar-refractivity contribution in [1.29, 1.82) is 0 Å². The average Bonchev–Trinajstić information content (AvgIpc) is 2.19. The molecule has 0 atom stereocenters. The van der Waals surface area contributed by atoms with Gasteiger partial charge >= 0.3 is 64.3 Å². The number of carboxylic acids is 1. The van der Waals surface area contributed by atoms with E-state index in [0.29, 0.717) is 12.1 Å². The number of carbonyl (C=O) groups is 1. The van der Waals surface area contributed by atoms with Crippen molar-refractivity contribution in [3.05, 3.63) is 33.7 Å². The Hall–Kier alpha value is -0.509. The van der Waals surface area contributed by atoms with E-state index >= 15 is 0 Å². The Morgan fingerprint density at radius 2 is 2.00 bits per heavy atom. The van der Waals surface area contributed by atoms with Gasteiger partial charge in [0.2, 0.25) is 0 Å². The molecule has 0 saturated heterocycles. The van der Waals surface area contributed by atoms with E-state index in [-0.39, 0.29) is 62.6 Å². The topological polar surface area (TPSA) is 86.1 Å². The monoisotopic (exact) mass is 283 g/mol. The molecule has 90 valence electrons. The molecule has 0 amide bonds. The van der Waals surface area contributed by atoms with Crippen LogP contribution in [-0.4, -0.2) is 18.1 Å². The Balaban J connectivity index is 0.00000289. The average molecular weight is 283 g/mol. The van der Waals surface area contributed by atoms with Crippen LogP contribution in [0.4, 0.5) is 18.6 Å². The first-order valence-corrected chi connectivity index (χ1v) is 4.40. The minimum Gasteiger partial charge on any atom is -0.478 e. The Bertz CT molecular complexity index is 506. The van der Waals surface area contributed by atoms with Crippen molar-refractivity contribution in [3.63, 3.8) is 0 Å². The normalized spacial score (nSPS) is 10.2. The molecule has 0 heterocycles. The second-order valence-electron chi connectivity index (χ2n) is 3.28. The van der Waals surface area contributed by atoms with Gasteiger partial charge in [-0.15, -0.1) is 5.46 Å². The van der Waals surface area contributed by atoms with Crippen molar-refractivity contribution in [3.8, 4) is 0 Å². The van der Waals surface area contributed by atoms with Crippen LogP contribution in [0.1, 0.15) is 15.9 Å². The molecule has 0 spiro atoms. The summed E-state index contributed by atoms with van der Waals surface area (Å²) in [5.74, 6) is -1.50. The summed E-state index contributed by atoms with van der Waals surface area (Å²) in [7, 11) is 0. The molecule has 0 bridgehead atoms. The SMILES string of the molecule is Cc1c(N=[N+]=[N-])cc([B-](F)(F)F)cc1C(=O)O.[K+]. The fourth-order valence-electron chi connectivity index (χ4n) is 1.28. The second-order valence-corrected chi connectivity index (χ2v) is 3.28. The van der Waals surface area contributed by atoms with Gasteiger partial charge in [-0.25, -0.2) is 4.79 Å². The zero-order valence-electron chi connectivity index (χ0n) is 9.56. The largest absolute Gasteiger partial charge is 1.00 e. The standard InChI is InChI=1S/C8H6BF3N3O2.K/c1-4-6(8(16)17)2-5(9(10,11)12)3-7(4)14-15-13;/h2-3H,1H3,(H,16,17);/q-1;+1. The predicted molar refractivity (Wildman–Crippen MR) is 55.7 cm³/mol. The minimum absolute atomic E-state index is 0. The van der Waals surface area contributed by atoms with E-state index < -0.39 is 24.0 Å². The van der Waals surface area contributed by atoms with Gasteiger partial charge < -0.3 is 18.1 Å². The first kappa shape index (κ1) is 17.5. The Morgan fingerprint density at radius 1 is 1.44 bits per heavy atom. The third-order valence-electron chi connectivity index (χ3n) is 2.16. The van der Waals surface area contributed by atoms with Crippen molar-refractivity contribution < 1.29 is 74.2 Å². The molecule has 1 N–H and O–H groups in total. The summed E-state index contributed by atoms with van der Waals surface area (Å²) < 4.78 is 37.6. The van der Waals surface area contributed by atoms with E-state index in [9.17, 15) is 17.7 Å². The Morgan fingerprint density at radius 3 is 2.39 bits per heavy atom. The van der Waals surface area contributed by atoms with Crippen molar-refractivity contribution in [1.82, 2.24) is 0 Å². The van der Waals surface area contributed by atoms with E-state index in [1.54, 1.807) is 0 Å². The van der Waals surface area contributed by atoms with Crippen LogP contribution < -0.4 is 56.8 Å². The van der Waals surface area contributed by atoms with Gasteiger partial charge in [-0.1, -0.05) is 17.2 Å². The first-order chi connectivity index (χ1) is 7.77. The molecule has 0 aliphatic carbocycles. The Kier molecular flexibility index (Phi) is 6.41. The van der Waals surface area contributed by atoms with E-state index in [1.807, 2.05) is 0 Å². The smallest absolute Gasteiger partial charge is 0.478 e. The number of nitrogens with zero attached hydrogens (tertiary/aromatic N) is 3. The first-order valence-electron chi connectivity index (χ1n) is 4.40. The molecule has 0 fully saturated rings. The number of rotatable bonds is 3. The van der Waals surface area contributed by atoms with Gasteiger partial charge in [0.05, 0.1) is 5.56 Å². The van der Waals surface area contributed by atoms with Gasteiger partial charge in [0.25, 0.3) is 0 Å². The fourth-order valence-corrected chi connectivity index (χ4v) is 1.28. The number of hydrogen-bond donors (Lipinski definition) is 1.